The number of likely N-dealkylation sites (tertiary alicyclic amines) is 1. The zero-order valence-corrected chi connectivity index (χ0v) is 26.8. The number of methoxy groups -OCH3 is 2. The molecular weight excluding hydrogens is 589 g/mol. The minimum atomic E-state index is -1.24. The standard InChI is InChI=1S/C35H40FN5O5/c1-22-8-6-9-23(2)32(22)33(27-19-26(44-4)12-14-29(27)45-5)41(35(42)43)31-15-16-37-34(39-31)38-25-11-13-30(28(36)18-25)46-21-24-10-7-17-40(3)20-24/h6,8-9,11-16,18-19,24,33H,7,10,17,20-21H2,1-5H3,(H,42,43)(H,37,38,39). The van der Waals surface area contributed by atoms with Crippen LogP contribution in [0.25, 0.3) is 0 Å². The number of halogens is 1. The van der Waals surface area contributed by atoms with Gasteiger partial charge in [0.25, 0.3) is 0 Å². The molecule has 0 bridgehead atoms. The van der Waals surface area contributed by atoms with Gasteiger partial charge in [0, 0.05) is 36.0 Å². The summed E-state index contributed by atoms with van der Waals surface area (Å²) in [7, 11) is 5.17. The number of nitrogens with one attached hydrogen (secondary N) is 1. The maximum Gasteiger partial charge on any atom is 0.413 e. The molecule has 2 unspecified atom stereocenters. The molecule has 2 N–H and O–H groups in total. The predicted octanol–water partition coefficient (Wildman–Crippen LogP) is 6.99. The van der Waals surface area contributed by atoms with E-state index in [1.54, 1.807) is 37.4 Å². The van der Waals surface area contributed by atoms with Crippen molar-refractivity contribution in [2.75, 3.05) is 51.2 Å². The number of rotatable bonds is 11. The number of hydrogen-bond donors (Lipinski definition) is 2. The van der Waals surface area contributed by atoms with Crippen molar-refractivity contribution < 1.29 is 28.5 Å². The number of piperidine rings is 1. The summed E-state index contributed by atoms with van der Waals surface area (Å²) in [5.41, 5.74) is 3.53. The highest BCUT2D eigenvalue weighted by molar-refractivity contribution is 5.87. The van der Waals surface area contributed by atoms with Crippen molar-refractivity contribution in [3.8, 4) is 17.2 Å². The highest BCUT2D eigenvalue weighted by Gasteiger charge is 2.34. The molecule has 3 aromatic carbocycles. The fourth-order valence-electron chi connectivity index (χ4n) is 6.06. The van der Waals surface area contributed by atoms with E-state index in [1.165, 1.54) is 30.3 Å². The number of nitrogens with zero attached hydrogens (tertiary/aromatic N) is 4. The van der Waals surface area contributed by atoms with E-state index in [-0.39, 0.29) is 17.5 Å². The van der Waals surface area contributed by atoms with Crippen molar-refractivity contribution in [2.45, 2.75) is 32.7 Å². The van der Waals surface area contributed by atoms with Gasteiger partial charge in [-0.25, -0.2) is 19.1 Å². The zero-order valence-electron chi connectivity index (χ0n) is 26.8. The number of aryl methyl sites for hydroxylation is 2. The van der Waals surface area contributed by atoms with E-state index in [0.717, 1.165) is 42.6 Å². The molecule has 1 aliphatic heterocycles. The largest absolute Gasteiger partial charge is 0.497 e. The van der Waals surface area contributed by atoms with Crippen molar-refractivity contribution in [1.29, 1.82) is 0 Å². The second kappa shape index (κ2) is 14.5. The second-order valence-corrected chi connectivity index (χ2v) is 11.6. The molecule has 2 atom stereocenters. The van der Waals surface area contributed by atoms with E-state index in [2.05, 4.69) is 27.2 Å². The number of benzene rings is 3. The molecule has 0 radical (unpaired) electrons. The van der Waals surface area contributed by atoms with Crippen molar-refractivity contribution >= 4 is 23.5 Å². The van der Waals surface area contributed by atoms with Crippen LogP contribution >= 0.6 is 0 Å². The number of carbonyl (C=O) groups is 1. The molecule has 0 aliphatic carbocycles. The Hall–Kier alpha value is -4.90. The van der Waals surface area contributed by atoms with Crippen LogP contribution in [0.5, 0.6) is 17.2 Å². The van der Waals surface area contributed by atoms with Crippen molar-refractivity contribution in [3.63, 3.8) is 0 Å². The highest BCUT2D eigenvalue weighted by atomic mass is 19.1. The first-order valence-electron chi connectivity index (χ1n) is 15.2. The van der Waals surface area contributed by atoms with Crippen molar-refractivity contribution in [2.24, 2.45) is 5.92 Å². The molecule has 1 saturated heterocycles. The molecule has 1 fully saturated rings. The predicted molar refractivity (Wildman–Crippen MR) is 175 cm³/mol. The van der Waals surface area contributed by atoms with E-state index in [0.29, 0.717) is 35.3 Å². The molecule has 4 aromatic rings. The summed E-state index contributed by atoms with van der Waals surface area (Å²) >= 11 is 0. The van der Waals surface area contributed by atoms with Crippen LogP contribution < -0.4 is 24.4 Å². The first-order valence-corrected chi connectivity index (χ1v) is 15.2. The van der Waals surface area contributed by atoms with E-state index in [1.807, 2.05) is 32.0 Å². The molecular formula is C35H40FN5O5. The molecule has 0 spiro atoms. The maximum atomic E-state index is 15.1. The van der Waals surface area contributed by atoms with Crippen LogP contribution in [0.3, 0.4) is 0 Å². The van der Waals surface area contributed by atoms with Gasteiger partial charge in [0.2, 0.25) is 5.95 Å². The Kier molecular flexibility index (Phi) is 10.2. The van der Waals surface area contributed by atoms with Crippen LogP contribution in [0.2, 0.25) is 0 Å². The van der Waals surface area contributed by atoms with Gasteiger partial charge in [-0.05, 0) is 93.4 Å². The Morgan fingerprint density at radius 1 is 1.09 bits per heavy atom. The molecule has 2 heterocycles. The lowest BCUT2D eigenvalue weighted by Crippen LogP contribution is -2.36. The Labute approximate surface area is 268 Å². The number of ether oxygens (including phenoxy) is 3. The van der Waals surface area contributed by atoms with Crippen LogP contribution in [0.15, 0.2) is 66.9 Å². The lowest BCUT2D eigenvalue weighted by Gasteiger charge is -2.32. The molecule has 0 saturated carbocycles. The number of aromatic nitrogens is 2. The molecule has 1 aromatic heterocycles. The van der Waals surface area contributed by atoms with Crippen molar-refractivity contribution in [1.82, 2.24) is 14.9 Å². The van der Waals surface area contributed by atoms with Gasteiger partial charge in [0.05, 0.1) is 26.9 Å². The molecule has 11 heteroatoms. The molecule has 1 aliphatic rings. The van der Waals surface area contributed by atoms with Gasteiger partial charge >= 0.3 is 6.09 Å². The van der Waals surface area contributed by atoms with Gasteiger partial charge in [-0.3, -0.25) is 0 Å². The quantitative estimate of drug-likeness (QED) is 0.181. The Morgan fingerprint density at radius 3 is 2.52 bits per heavy atom. The SMILES string of the molecule is COc1ccc(OC)c(C(c2c(C)cccc2C)N(C(=O)O)c2ccnc(Nc3ccc(OCC4CCCN(C)C4)c(F)c3)n2)c1. The van der Waals surface area contributed by atoms with Gasteiger partial charge < -0.3 is 29.5 Å². The van der Waals surface area contributed by atoms with Gasteiger partial charge in [-0.15, -0.1) is 0 Å². The third kappa shape index (κ3) is 7.31. The first kappa shape index (κ1) is 32.5. The lowest BCUT2D eigenvalue weighted by molar-refractivity contribution is 0.147. The van der Waals surface area contributed by atoms with E-state index in [9.17, 15) is 9.90 Å². The summed E-state index contributed by atoms with van der Waals surface area (Å²) in [5, 5.41) is 13.7. The average molecular weight is 630 g/mol. The van der Waals surface area contributed by atoms with Gasteiger partial charge in [-0.1, -0.05) is 18.2 Å². The normalized spacial score (nSPS) is 15.6. The first-order chi connectivity index (χ1) is 22.2. The Bertz CT molecular complexity index is 1670. The Morgan fingerprint density at radius 2 is 1.85 bits per heavy atom. The highest BCUT2D eigenvalue weighted by Crippen LogP contribution is 2.41. The summed E-state index contributed by atoms with van der Waals surface area (Å²) in [5.74, 6) is 1.25. The van der Waals surface area contributed by atoms with Crippen LogP contribution in [0.1, 0.15) is 41.1 Å². The van der Waals surface area contributed by atoms with E-state index in [4.69, 9.17) is 14.2 Å². The third-order valence-electron chi connectivity index (χ3n) is 8.28. The molecule has 10 nitrogen and oxygen atoms in total. The van der Waals surface area contributed by atoms with Crippen LogP contribution in [0, 0.1) is 25.6 Å². The number of hydrogen-bond acceptors (Lipinski definition) is 8. The van der Waals surface area contributed by atoms with Crippen LogP contribution in [-0.4, -0.2) is 67.0 Å². The topological polar surface area (TPSA) is 109 Å². The number of amides is 1. The fraction of sp³-hybridized carbons (Fsp3) is 0.343. The third-order valence-corrected chi connectivity index (χ3v) is 8.28. The van der Waals surface area contributed by atoms with Gasteiger partial charge in [0.1, 0.15) is 17.3 Å². The van der Waals surface area contributed by atoms with Crippen molar-refractivity contribution in [3.05, 3.63) is 94.9 Å². The maximum absolute atomic E-state index is 15.1. The summed E-state index contributed by atoms with van der Waals surface area (Å²) in [6.45, 7) is 6.32. The Balaban J connectivity index is 1.47. The number of anilines is 3. The van der Waals surface area contributed by atoms with Crippen LogP contribution in [0.4, 0.5) is 26.6 Å². The summed E-state index contributed by atoms with van der Waals surface area (Å²) in [6, 6.07) is 16.3. The number of carboxylic acid groups (broad SMARTS) is 1. The van der Waals surface area contributed by atoms with Gasteiger partial charge in [-0.2, -0.15) is 4.98 Å². The minimum absolute atomic E-state index is 0.0972. The summed E-state index contributed by atoms with van der Waals surface area (Å²) in [4.78, 5) is 25.4. The molecule has 1 amide bonds. The summed E-state index contributed by atoms with van der Waals surface area (Å²) < 4.78 is 32.1. The van der Waals surface area contributed by atoms with Gasteiger partial charge in [0.15, 0.2) is 11.6 Å². The van der Waals surface area contributed by atoms with Crippen LogP contribution in [-0.2, 0) is 0 Å². The lowest BCUT2D eigenvalue weighted by atomic mass is 9.89. The fourth-order valence-corrected chi connectivity index (χ4v) is 6.06. The zero-order chi connectivity index (χ0) is 32.8. The smallest absolute Gasteiger partial charge is 0.413 e. The minimum Gasteiger partial charge on any atom is -0.497 e. The molecule has 5 rings (SSSR count). The monoisotopic (exact) mass is 629 g/mol. The molecule has 242 valence electrons. The summed E-state index contributed by atoms with van der Waals surface area (Å²) in [6.07, 6.45) is 2.38. The van der Waals surface area contributed by atoms with E-state index >= 15 is 4.39 Å². The molecule has 46 heavy (non-hydrogen) atoms. The van der Waals surface area contributed by atoms with E-state index < -0.39 is 18.0 Å². The average Bonchev–Trinajstić information content (AvgIpc) is 3.03. The second-order valence-electron chi connectivity index (χ2n) is 11.6.